The first-order chi connectivity index (χ1) is 11.4. The Hall–Kier alpha value is -0.790. The number of unbranched alkanes of at least 4 members (excludes halogenated alkanes) is 7. The molecule has 24 heavy (non-hydrogen) atoms. The Balaban J connectivity index is 0. The minimum Gasteiger partial charge on any atom is -0.480 e. The Morgan fingerprint density at radius 3 is 1.83 bits per heavy atom. The second kappa shape index (κ2) is 18.5. The second-order valence-electron chi connectivity index (χ2n) is 5.99. The summed E-state index contributed by atoms with van der Waals surface area (Å²) in [5.74, 6) is -1.73. The summed E-state index contributed by atoms with van der Waals surface area (Å²) in [5.41, 5.74) is 10.4. The molecule has 1 unspecified atom stereocenters. The highest BCUT2D eigenvalue weighted by Gasteiger charge is 2.10. The van der Waals surface area contributed by atoms with Gasteiger partial charge in [-0.25, -0.2) is 0 Å². The van der Waals surface area contributed by atoms with Gasteiger partial charge in [0.15, 0.2) is 0 Å². The van der Waals surface area contributed by atoms with Crippen LogP contribution in [0.3, 0.4) is 0 Å². The maximum Gasteiger partial charge on any atom is 0.320 e. The number of rotatable bonds is 14. The predicted molar refractivity (Wildman–Crippen MR) is 102 cm³/mol. The summed E-state index contributed by atoms with van der Waals surface area (Å²) >= 11 is 3.98. The number of thiol groups is 1. The Labute approximate surface area is 151 Å². The Morgan fingerprint density at radius 2 is 1.38 bits per heavy atom. The van der Waals surface area contributed by atoms with Crippen molar-refractivity contribution in [1.29, 1.82) is 0 Å². The molecule has 0 fully saturated rings. The topological polar surface area (TPSA) is 127 Å². The van der Waals surface area contributed by atoms with Gasteiger partial charge in [-0.1, -0.05) is 58.3 Å². The fraction of sp³-hybridized carbons (Fsp3) is 0.882. The van der Waals surface area contributed by atoms with Crippen LogP contribution in [0, 0.1) is 0 Å². The van der Waals surface area contributed by atoms with E-state index in [2.05, 4.69) is 19.6 Å². The van der Waals surface area contributed by atoms with E-state index in [0.29, 0.717) is 19.4 Å². The zero-order valence-corrected chi connectivity index (χ0v) is 15.8. The van der Waals surface area contributed by atoms with Crippen molar-refractivity contribution in [3.63, 3.8) is 0 Å². The first kappa shape index (κ1) is 25.5. The van der Waals surface area contributed by atoms with Gasteiger partial charge in [-0.15, -0.1) is 0 Å². The van der Waals surface area contributed by atoms with Crippen molar-refractivity contribution in [3.8, 4) is 0 Å². The monoisotopic (exact) mass is 364 g/mol. The first-order valence-corrected chi connectivity index (χ1v) is 9.47. The molecule has 7 heteroatoms. The summed E-state index contributed by atoms with van der Waals surface area (Å²) in [6.45, 7) is 2.81. The van der Waals surface area contributed by atoms with Crippen molar-refractivity contribution >= 4 is 24.6 Å². The minimum atomic E-state index is -0.933. The predicted octanol–water partition coefficient (Wildman–Crippen LogP) is 3.04. The van der Waals surface area contributed by atoms with Crippen molar-refractivity contribution in [2.75, 3.05) is 6.54 Å². The van der Waals surface area contributed by atoms with Gasteiger partial charge in [0, 0.05) is 0 Å². The zero-order chi connectivity index (χ0) is 18.8. The Morgan fingerprint density at radius 1 is 0.875 bits per heavy atom. The largest absolute Gasteiger partial charge is 0.480 e. The van der Waals surface area contributed by atoms with Crippen LogP contribution in [0.15, 0.2) is 0 Å². The maximum absolute atomic E-state index is 10.4. The normalized spacial score (nSPS) is 12.8. The maximum atomic E-state index is 10.4. The molecule has 2 atom stereocenters. The van der Waals surface area contributed by atoms with E-state index in [1.54, 1.807) is 0 Å². The molecule has 0 spiro atoms. The van der Waals surface area contributed by atoms with E-state index < -0.39 is 23.2 Å². The molecule has 0 rings (SSSR count). The van der Waals surface area contributed by atoms with Crippen LogP contribution in [-0.2, 0) is 9.59 Å². The lowest BCUT2D eigenvalue weighted by Gasteiger charge is -2.04. The second-order valence-corrected chi connectivity index (χ2v) is 6.62. The molecule has 0 saturated heterocycles. The van der Waals surface area contributed by atoms with Gasteiger partial charge >= 0.3 is 11.9 Å². The highest BCUT2D eigenvalue weighted by Crippen LogP contribution is 2.12. The van der Waals surface area contributed by atoms with Gasteiger partial charge in [-0.05, 0) is 25.8 Å². The summed E-state index contributed by atoms with van der Waals surface area (Å²) in [6.07, 6.45) is 11.4. The molecule has 144 valence electrons. The number of hydrogen-bond donors (Lipinski definition) is 5. The summed E-state index contributed by atoms with van der Waals surface area (Å²) in [7, 11) is 0. The molecule has 0 aromatic carbocycles. The summed E-state index contributed by atoms with van der Waals surface area (Å²) in [6, 6.07) is -0.716. The van der Waals surface area contributed by atoms with E-state index in [1.807, 2.05) is 0 Å². The molecule has 6 N–H and O–H groups in total. The van der Waals surface area contributed by atoms with Crippen LogP contribution in [0.25, 0.3) is 0 Å². The number of hydrogen-bond acceptors (Lipinski definition) is 5. The van der Waals surface area contributed by atoms with Gasteiger partial charge in [0.1, 0.15) is 6.04 Å². The smallest absolute Gasteiger partial charge is 0.320 e. The Bertz CT molecular complexity index is 317. The molecular weight excluding hydrogens is 328 g/mol. The molecule has 0 aliphatic heterocycles. The van der Waals surface area contributed by atoms with E-state index in [0.717, 1.165) is 25.7 Å². The van der Waals surface area contributed by atoms with Gasteiger partial charge in [0.2, 0.25) is 0 Å². The van der Waals surface area contributed by atoms with E-state index in [9.17, 15) is 9.59 Å². The number of carbonyl (C=O) groups is 2. The van der Waals surface area contributed by atoms with Crippen LogP contribution < -0.4 is 11.5 Å². The molecule has 0 bridgehead atoms. The lowest BCUT2D eigenvalue weighted by Crippen LogP contribution is -2.29. The molecule has 0 heterocycles. The van der Waals surface area contributed by atoms with Crippen molar-refractivity contribution in [2.45, 2.75) is 88.8 Å². The number of nitrogens with two attached hydrogens (primary N) is 2. The van der Waals surface area contributed by atoms with Gasteiger partial charge in [0.25, 0.3) is 0 Å². The third-order valence-corrected chi connectivity index (χ3v) is 4.13. The van der Waals surface area contributed by atoms with Crippen LogP contribution in [-0.4, -0.2) is 40.0 Å². The van der Waals surface area contributed by atoms with Crippen LogP contribution in [0.4, 0.5) is 0 Å². The quantitative estimate of drug-likeness (QED) is 0.238. The van der Waals surface area contributed by atoms with Crippen LogP contribution in [0.5, 0.6) is 0 Å². The molecule has 0 aliphatic carbocycles. The Kier molecular flexibility index (Phi) is 19.7. The number of aliphatic carboxylic acids is 2. The van der Waals surface area contributed by atoms with Gasteiger partial charge in [-0.3, -0.25) is 9.59 Å². The average Bonchev–Trinajstić information content (AvgIpc) is 2.54. The van der Waals surface area contributed by atoms with Crippen molar-refractivity contribution in [1.82, 2.24) is 0 Å². The van der Waals surface area contributed by atoms with Crippen molar-refractivity contribution in [3.05, 3.63) is 0 Å². The minimum absolute atomic E-state index is 0.467. The van der Waals surface area contributed by atoms with E-state index >= 15 is 0 Å². The van der Waals surface area contributed by atoms with Gasteiger partial charge in [0.05, 0.1) is 5.25 Å². The molecule has 0 aliphatic rings. The van der Waals surface area contributed by atoms with Crippen LogP contribution in [0.1, 0.15) is 77.6 Å². The molecule has 6 nitrogen and oxygen atoms in total. The van der Waals surface area contributed by atoms with Crippen molar-refractivity contribution in [2.24, 2.45) is 11.5 Å². The van der Waals surface area contributed by atoms with Crippen LogP contribution >= 0.6 is 12.6 Å². The fourth-order valence-electron chi connectivity index (χ4n) is 2.05. The molecule has 0 amide bonds. The lowest BCUT2D eigenvalue weighted by atomic mass is 10.1. The summed E-state index contributed by atoms with van der Waals surface area (Å²) < 4.78 is 0. The summed E-state index contributed by atoms with van der Waals surface area (Å²) in [4.78, 5) is 20.6. The highest BCUT2D eigenvalue weighted by molar-refractivity contribution is 7.81. The first-order valence-electron chi connectivity index (χ1n) is 8.96. The molecule has 0 radical (unpaired) electrons. The average molecular weight is 365 g/mol. The number of carboxylic acid groups (broad SMARTS) is 2. The van der Waals surface area contributed by atoms with Crippen molar-refractivity contribution < 1.29 is 19.8 Å². The molecule has 0 saturated carbocycles. The third-order valence-electron chi connectivity index (χ3n) is 3.65. The van der Waals surface area contributed by atoms with E-state index in [1.165, 1.54) is 32.1 Å². The third kappa shape index (κ3) is 19.3. The van der Waals surface area contributed by atoms with E-state index in [-0.39, 0.29) is 0 Å². The lowest BCUT2D eigenvalue weighted by molar-refractivity contribution is -0.139. The molecule has 0 aromatic rings. The van der Waals surface area contributed by atoms with E-state index in [4.69, 9.17) is 21.7 Å². The number of carboxylic acids is 2. The SMILES string of the molecule is CCCCCCCCCC(S)C(=O)O.NCCCC[C@H](N)C(=O)O. The van der Waals surface area contributed by atoms with Gasteiger partial charge < -0.3 is 21.7 Å². The van der Waals surface area contributed by atoms with Crippen LogP contribution in [0.2, 0.25) is 0 Å². The highest BCUT2D eigenvalue weighted by atomic mass is 32.1. The standard InChI is InChI=1S/C11H22O2S.C6H14N2O2/c1-2-3-4-5-6-7-8-9-10(14)11(12)13;7-4-2-1-3-5(8)6(9)10/h10,14H,2-9H2,1H3,(H,12,13);5H,1-4,7-8H2,(H,9,10)/t;5-/m.0/s1. The fourth-order valence-corrected chi connectivity index (χ4v) is 2.23. The summed E-state index contributed by atoms with van der Waals surface area (Å²) in [5, 5.41) is 16.4. The molecular formula is C17H36N2O4S. The molecule has 0 aromatic heterocycles. The zero-order valence-electron chi connectivity index (χ0n) is 15.0. The van der Waals surface area contributed by atoms with Gasteiger partial charge in [-0.2, -0.15) is 12.6 Å².